The second kappa shape index (κ2) is 9.70. The number of tetrazole rings is 1. The number of benzene rings is 2. The summed E-state index contributed by atoms with van der Waals surface area (Å²) in [6.45, 7) is 4.53. The fourth-order valence-electron chi connectivity index (χ4n) is 4.38. The largest absolute Gasteiger partial charge is 0.369 e. The maximum atomic E-state index is 4.48. The minimum absolute atomic E-state index is 0.0209. The molecular weight excluding hydrogens is 398 g/mol. The van der Waals surface area contributed by atoms with Gasteiger partial charge in [0.2, 0.25) is 0 Å². The van der Waals surface area contributed by atoms with Crippen molar-refractivity contribution in [2.24, 2.45) is 0 Å². The highest BCUT2D eigenvalue weighted by Gasteiger charge is 2.30. The monoisotopic (exact) mass is 425 g/mol. The van der Waals surface area contributed by atoms with Crippen molar-refractivity contribution < 1.29 is 0 Å². The third-order valence-electron chi connectivity index (χ3n) is 6.06. The highest BCUT2D eigenvalue weighted by Crippen LogP contribution is 2.28. The van der Waals surface area contributed by atoms with E-state index in [4.69, 9.17) is 0 Å². The van der Waals surface area contributed by atoms with E-state index in [0.29, 0.717) is 0 Å². The average molecular weight is 426 g/mol. The number of aromatic nitrogens is 5. The van der Waals surface area contributed by atoms with Gasteiger partial charge in [0.15, 0.2) is 5.82 Å². The van der Waals surface area contributed by atoms with Gasteiger partial charge in [0.25, 0.3) is 0 Å². The first-order valence-corrected chi connectivity index (χ1v) is 11.1. The molecule has 0 amide bonds. The third kappa shape index (κ3) is 4.53. The topological polar surface area (TPSA) is 63.0 Å². The Kier molecular flexibility index (Phi) is 6.16. The Labute approximate surface area is 188 Å². The summed E-state index contributed by atoms with van der Waals surface area (Å²) in [5, 5.41) is 12.9. The molecule has 1 fully saturated rings. The highest BCUT2D eigenvalue weighted by molar-refractivity contribution is 5.46. The molecule has 32 heavy (non-hydrogen) atoms. The molecule has 7 heteroatoms. The lowest BCUT2D eigenvalue weighted by Gasteiger charge is -2.39. The van der Waals surface area contributed by atoms with Crippen LogP contribution in [-0.2, 0) is 13.0 Å². The van der Waals surface area contributed by atoms with E-state index in [1.807, 2.05) is 29.2 Å². The quantitative estimate of drug-likeness (QED) is 0.453. The Bertz CT molecular complexity index is 1090. The van der Waals surface area contributed by atoms with Gasteiger partial charge >= 0.3 is 0 Å². The smallest absolute Gasteiger partial charge is 0.173 e. The van der Waals surface area contributed by atoms with Gasteiger partial charge in [-0.3, -0.25) is 9.88 Å². The van der Waals surface area contributed by atoms with Crippen molar-refractivity contribution in [2.75, 3.05) is 31.1 Å². The van der Waals surface area contributed by atoms with Crippen LogP contribution in [0, 0.1) is 0 Å². The molecule has 1 atom stereocenters. The van der Waals surface area contributed by atoms with Crippen LogP contribution in [0.1, 0.15) is 23.0 Å². The van der Waals surface area contributed by atoms with Crippen molar-refractivity contribution >= 4 is 5.69 Å². The first kappa shape index (κ1) is 20.3. The number of para-hydroxylation sites is 1. The van der Waals surface area contributed by atoms with Crippen LogP contribution < -0.4 is 4.90 Å². The molecule has 7 nitrogen and oxygen atoms in total. The Morgan fingerprint density at radius 1 is 0.812 bits per heavy atom. The summed E-state index contributed by atoms with van der Waals surface area (Å²) in [7, 11) is 0. The molecule has 3 heterocycles. The van der Waals surface area contributed by atoms with Crippen molar-refractivity contribution in [3.8, 4) is 0 Å². The van der Waals surface area contributed by atoms with Gasteiger partial charge in [-0.1, -0.05) is 54.6 Å². The van der Waals surface area contributed by atoms with Crippen LogP contribution >= 0.6 is 0 Å². The highest BCUT2D eigenvalue weighted by atomic mass is 15.6. The fourth-order valence-corrected chi connectivity index (χ4v) is 4.38. The summed E-state index contributed by atoms with van der Waals surface area (Å²) in [5.41, 5.74) is 3.68. The number of nitrogens with zero attached hydrogens (tertiary/aromatic N) is 7. The van der Waals surface area contributed by atoms with Crippen molar-refractivity contribution in [2.45, 2.75) is 19.0 Å². The van der Waals surface area contributed by atoms with Gasteiger partial charge < -0.3 is 4.90 Å². The summed E-state index contributed by atoms with van der Waals surface area (Å²) < 4.78 is 1.95. The van der Waals surface area contributed by atoms with E-state index < -0.39 is 0 Å². The van der Waals surface area contributed by atoms with E-state index in [2.05, 4.69) is 91.0 Å². The van der Waals surface area contributed by atoms with E-state index in [1.165, 1.54) is 11.3 Å². The van der Waals surface area contributed by atoms with Gasteiger partial charge in [0, 0.05) is 50.8 Å². The van der Waals surface area contributed by atoms with E-state index in [9.17, 15) is 0 Å². The lowest BCUT2D eigenvalue weighted by atomic mass is 10.0. The second-order valence-electron chi connectivity index (χ2n) is 8.04. The molecule has 1 aliphatic rings. The first-order valence-electron chi connectivity index (χ1n) is 11.1. The van der Waals surface area contributed by atoms with Crippen LogP contribution in [-0.4, -0.2) is 56.3 Å². The van der Waals surface area contributed by atoms with Crippen molar-refractivity contribution in [3.63, 3.8) is 0 Å². The van der Waals surface area contributed by atoms with Gasteiger partial charge in [0.05, 0.1) is 6.04 Å². The molecule has 0 saturated carbocycles. The maximum Gasteiger partial charge on any atom is 0.173 e. The molecule has 5 rings (SSSR count). The van der Waals surface area contributed by atoms with Gasteiger partial charge in [-0.25, -0.2) is 4.68 Å². The number of aryl methyl sites for hydroxylation is 2. The Morgan fingerprint density at radius 3 is 2.28 bits per heavy atom. The first-order chi connectivity index (χ1) is 15.9. The molecule has 2 aromatic heterocycles. The predicted octanol–water partition coefficient (Wildman–Crippen LogP) is 3.22. The van der Waals surface area contributed by atoms with Crippen LogP contribution in [0.2, 0.25) is 0 Å². The molecule has 2 aromatic carbocycles. The summed E-state index contributed by atoms with van der Waals surface area (Å²) >= 11 is 0. The zero-order valence-corrected chi connectivity index (χ0v) is 18.0. The number of hydrogen-bond acceptors (Lipinski definition) is 6. The van der Waals surface area contributed by atoms with E-state index >= 15 is 0 Å². The lowest BCUT2D eigenvalue weighted by molar-refractivity contribution is 0.200. The SMILES string of the molecule is c1ccc(CCn2nnnc2[C@H](c2cccnc2)N2CCN(c3ccccc3)CC2)cc1. The summed E-state index contributed by atoms with van der Waals surface area (Å²) in [5.74, 6) is 0.877. The summed E-state index contributed by atoms with van der Waals surface area (Å²) in [6, 6.07) is 25.2. The minimum Gasteiger partial charge on any atom is -0.369 e. The van der Waals surface area contributed by atoms with Crippen LogP contribution in [0.5, 0.6) is 0 Å². The molecule has 1 saturated heterocycles. The number of piperazine rings is 1. The Hall–Kier alpha value is -3.58. The standard InChI is InChI=1S/C25H27N7/c1-3-8-21(9-4-1)13-15-32-25(27-28-29-32)24(22-10-7-14-26-20-22)31-18-16-30(17-19-31)23-11-5-2-6-12-23/h1-12,14,20,24H,13,15-19H2/t24-/m0/s1. The summed E-state index contributed by atoms with van der Waals surface area (Å²) in [6.07, 6.45) is 4.64. The lowest BCUT2D eigenvalue weighted by Crippen LogP contribution is -2.48. The zero-order chi connectivity index (χ0) is 21.6. The van der Waals surface area contributed by atoms with E-state index in [0.717, 1.165) is 50.5 Å². The van der Waals surface area contributed by atoms with Crippen molar-refractivity contribution in [1.29, 1.82) is 0 Å². The van der Waals surface area contributed by atoms with Crippen LogP contribution in [0.15, 0.2) is 85.2 Å². The van der Waals surface area contributed by atoms with Crippen LogP contribution in [0.4, 0.5) is 5.69 Å². The fraction of sp³-hybridized carbons (Fsp3) is 0.280. The third-order valence-corrected chi connectivity index (χ3v) is 6.06. The van der Waals surface area contributed by atoms with Gasteiger partial charge in [-0.15, -0.1) is 5.10 Å². The molecule has 0 spiro atoms. The molecule has 162 valence electrons. The Balaban J connectivity index is 1.37. The van der Waals surface area contributed by atoms with Crippen LogP contribution in [0.25, 0.3) is 0 Å². The average Bonchev–Trinajstić information content (AvgIpc) is 3.33. The van der Waals surface area contributed by atoms with E-state index in [1.54, 1.807) is 0 Å². The number of hydrogen-bond donors (Lipinski definition) is 0. The molecular formula is C25H27N7. The van der Waals surface area contributed by atoms with Crippen molar-refractivity contribution in [3.05, 3.63) is 102 Å². The molecule has 0 radical (unpaired) electrons. The van der Waals surface area contributed by atoms with E-state index in [-0.39, 0.29) is 6.04 Å². The number of rotatable bonds is 7. The molecule has 0 N–H and O–H groups in total. The van der Waals surface area contributed by atoms with Crippen LogP contribution in [0.3, 0.4) is 0 Å². The summed E-state index contributed by atoms with van der Waals surface area (Å²) in [4.78, 5) is 9.29. The molecule has 0 unspecified atom stereocenters. The zero-order valence-electron chi connectivity index (χ0n) is 18.0. The van der Waals surface area contributed by atoms with Gasteiger partial charge in [0.1, 0.15) is 0 Å². The number of pyridine rings is 1. The molecule has 0 bridgehead atoms. The molecule has 1 aliphatic heterocycles. The second-order valence-corrected chi connectivity index (χ2v) is 8.04. The molecule has 4 aromatic rings. The minimum atomic E-state index is -0.0209. The van der Waals surface area contributed by atoms with Crippen molar-refractivity contribution in [1.82, 2.24) is 30.1 Å². The predicted molar refractivity (Wildman–Crippen MR) is 124 cm³/mol. The molecule has 0 aliphatic carbocycles. The van der Waals surface area contributed by atoms with Gasteiger partial charge in [-0.05, 0) is 46.2 Å². The number of anilines is 1. The van der Waals surface area contributed by atoms with Gasteiger partial charge in [-0.2, -0.15) is 0 Å². The normalized spacial score (nSPS) is 15.6. The maximum absolute atomic E-state index is 4.48. The Morgan fingerprint density at radius 2 is 1.56 bits per heavy atom.